The molecule has 0 aliphatic carbocycles. The first kappa shape index (κ1) is 23.8. The maximum Gasteiger partial charge on any atom is 0.275 e. The van der Waals surface area contributed by atoms with Crippen LogP contribution in [0.15, 0.2) is 36.4 Å². The second-order valence-electron chi connectivity index (χ2n) is 7.09. The third-order valence-electron chi connectivity index (χ3n) is 4.09. The SMILES string of the molecule is CC(C)(SOSC(C)(C)c1ccc(Cl)cc1[N+](=O)[O-])c1ccc(Cl)cc1[N+](=O)[O-]. The molecule has 156 valence electrons. The topological polar surface area (TPSA) is 95.5 Å². The molecule has 7 nitrogen and oxygen atoms in total. The van der Waals surface area contributed by atoms with E-state index in [2.05, 4.69) is 0 Å². The fourth-order valence-electron chi connectivity index (χ4n) is 2.61. The highest BCUT2D eigenvalue weighted by molar-refractivity contribution is 8.08. The van der Waals surface area contributed by atoms with Crippen LogP contribution in [-0.2, 0) is 13.1 Å². The van der Waals surface area contributed by atoms with Gasteiger partial charge in [0.05, 0.1) is 19.3 Å². The summed E-state index contributed by atoms with van der Waals surface area (Å²) in [6, 6.07) is 8.95. The van der Waals surface area contributed by atoms with Crippen LogP contribution in [0.2, 0.25) is 10.0 Å². The van der Waals surface area contributed by atoms with Crippen molar-refractivity contribution in [2.45, 2.75) is 37.2 Å². The Labute approximate surface area is 186 Å². The maximum atomic E-state index is 11.4. The molecule has 0 bridgehead atoms. The van der Waals surface area contributed by atoms with Crippen LogP contribution in [0.25, 0.3) is 0 Å². The highest BCUT2D eigenvalue weighted by Gasteiger charge is 2.35. The van der Waals surface area contributed by atoms with Gasteiger partial charge in [-0.05, 0) is 52.0 Å². The summed E-state index contributed by atoms with van der Waals surface area (Å²) in [6.45, 7) is 7.14. The molecule has 0 fully saturated rings. The highest BCUT2D eigenvalue weighted by atomic mass is 35.5. The summed E-state index contributed by atoms with van der Waals surface area (Å²) < 4.78 is 4.17. The van der Waals surface area contributed by atoms with Crippen molar-refractivity contribution in [1.82, 2.24) is 0 Å². The maximum absolute atomic E-state index is 11.4. The normalized spacial score (nSPS) is 12.1. The van der Waals surface area contributed by atoms with Gasteiger partial charge in [0.25, 0.3) is 11.4 Å². The summed E-state index contributed by atoms with van der Waals surface area (Å²) in [6.07, 6.45) is 0. The van der Waals surface area contributed by atoms with E-state index in [1.165, 1.54) is 12.1 Å². The number of hydrogen-bond acceptors (Lipinski definition) is 7. The molecule has 2 aromatic rings. The minimum absolute atomic E-state index is 0.101. The number of hydrogen-bond donors (Lipinski definition) is 0. The molecule has 0 aromatic heterocycles. The van der Waals surface area contributed by atoms with Gasteiger partial charge in [0.1, 0.15) is 0 Å². The van der Waals surface area contributed by atoms with E-state index < -0.39 is 19.3 Å². The third kappa shape index (κ3) is 5.76. The second kappa shape index (κ2) is 9.09. The van der Waals surface area contributed by atoms with Crippen molar-refractivity contribution < 1.29 is 13.5 Å². The first-order chi connectivity index (χ1) is 13.3. The van der Waals surface area contributed by atoms with Gasteiger partial charge < -0.3 is 0 Å². The molecular formula is C18H18Cl2N2O5S2. The largest absolute Gasteiger partial charge is 0.275 e. The Morgan fingerprint density at radius 3 is 1.45 bits per heavy atom. The van der Waals surface area contributed by atoms with Crippen LogP contribution < -0.4 is 0 Å². The summed E-state index contributed by atoms with van der Waals surface area (Å²) in [5, 5.41) is 23.3. The van der Waals surface area contributed by atoms with E-state index in [4.69, 9.17) is 26.8 Å². The summed E-state index contributed by atoms with van der Waals surface area (Å²) in [4.78, 5) is 21.8. The third-order valence-corrected chi connectivity index (χ3v) is 6.38. The zero-order valence-electron chi connectivity index (χ0n) is 16.0. The number of nitro groups is 2. The Morgan fingerprint density at radius 2 is 1.14 bits per heavy atom. The van der Waals surface area contributed by atoms with Crippen molar-refractivity contribution in [2.75, 3.05) is 0 Å². The Bertz CT molecular complexity index is 878. The predicted molar refractivity (Wildman–Crippen MR) is 119 cm³/mol. The average molecular weight is 477 g/mol. The first-order valence-electron chi connectivity index (χ1n) is 8.27. The Balaban J connectivity index is 2.21. The quantitative estimate of drug-likeness (QED) is 0.224. The summed E-state index contributed by atoms with van der Waals surface area (Å²) in [5.41, 5.74) is 0.702. The Hall–Kier alpha value is -1.52. The fraction of sp³-hybridized carbons (Fsp3) is 0.333. The van der Waals surface area contributed by atoms with Crippen LogP contribution in [-0.4, -0.2) is 9.85 Å². The van der Waals surface area contributed by atoms with Gasteiger partial charge in [-0.3, -0.25) is 20.2 Å². The van der Waals surface area contributed by atoms with Crippen LogP contribution in [0.3, 0.4) is 0 Å². The number of benzene rings is 2. The molecule has 2 aromatic carbocycles. The van der Waals surface area contributed by atoms with Gasteiger partial charge in [-0.1, -0.05) is 23.2 Å². The molecule has 0 saturated heterocycles. The van der Waals surface area contributed by atoms with Crippen molar-refractivity contribution in [1.29, 1.82) is 0 Å². The summed E-state index contributed by atoms with van der Waals surface area (Å²) in [7, 11) is 0. The highest BCUT2D eigenvalue weighted by Crippen LogP contribution is 2.48. The second-order valence-corrected chi connectivity index (χ2v) is 10.9. The summed E-state index contributed by atoms with van der Waals surface area (Å²) >= 11 is 13.8. The number of halogens is 2. The monoisotopic (exact) mass is 476 g/mol. The van der Waals surface area contributed by atoms with Gasteiger partial charge in [0, 0.05) is 57.4 Å². The molecule has 0 spiro atoms. The van der Waals surface area contributed by atoms with Gasteiger partial charge in [-0.15, -0.1) is 0 Å². The van der Waals surface area contributed by atoms with Crippen molar-refractivity contribution in [3.8, 4) is 0 Å². The van der Waals surface area contributed by atoms with E-state index >= 15 is 0 Å². The van der Waals surface area contributed by atoms with Gasteiger partial charge >= 0.3 is 0 Å². The minimum atomic E-state index is -0.776. The van der Waals surface area contributed by atoms with Crippen LogP contribution in [0.5, 0.6) is 0 Å². The van der Waals surface area contributed by atoms with Crippen molar-refractivity contribution >= 4 is 58.7 Å². The summed E-state index contributed by atoms with van der Waals surface area (Å²) in [5.74, 6) is 0. The molecule has 0 radical (unpaired) electrons. The molecule has 0 atom stereocenters. The molecule has 2 rings (SSSR count). The first-order valence-corrected chi connectivity index (χ1v) is 10.5. The van der Waals surface area contributed by atoms with Gasteiger partial charge in [-0.25, -0.2) is 3.63 Å². The van der Waals surface area contributed by atoms with E-state index in [0.717, 1.165) is 24.1 Å². The lowest BCUT2D eigenvalue weighted by molar-refractivity contribution is -0.385. The minimum Gasteiger partial charge on any atom is -0.258 e. The zero-order valence-corrected chi connectivity index (χ0v) is 19.1. The van der Waals surface area contributed by atoms with Crippen LogP contribution in [0.4, 0.5) is 11.4 Å². The fourth-order valence-corrected chi connectivity index (χ4v) is 4.96. The lowest BCUT2D eigenvalue weighted by Crippen LogP contribution is -2.17. The number of nitro benzene ring substituents is 2. The van der Waals surface area contributed by atoms with Gasteiger partial charge in [-0.2, -0.15) is 0 Å². The van der Waals surface area contributed by atoms with Crippen LogP contribution in [0.1, 0.15) is 38.8 Å². The molecule has 29 heavy (non-hydrogen) atoms. The molecule has 0 aliphatic rings. The van der Waals surface area contributed by atoms with Crippen LogP contribution in [0, 0.1) is 20.2 Å². The van der Waals surface area contributed by atoms with Crippen molar-refractivity contribution in [3.63, 3.8) is 0 Å². The average Bonchev–Trinajstić information content (AvgIpc) is 2.60. The van der Waals surface area contributed by atoms with Crippen molar-refractivity contribution in [3.05, 3.63) is 77.8 Å². The molecule has 0 unspecified atom stereocenters. The van der Waals surface area contributed by atoms with E-state index in [1.54, 1.807) is 52.0 Å². The van der Waals surface area contributed by atoms with E-state index in [9.17, 15) is 20.2 Å². The molecule has 0 heterocycles. The van der Waals surface area contributed by atoms with Crippen molar-refractivity contribution in [2.24, 2.45) is 0 Å². The molecule has 0 aliphatic heterocycles. The van der Waals surface area contributed by atoms with E-state index in [0.29, 0.717) is 11.1 Å². The van der Waals surface area contributed by atoms with E-state index in [-0.39, 0.29) is 21.4 Å². The standard InChI is InChI=1S/C18H18Cl2N2O5S2/c1-17(2,13-7-5-11(19)9-15(13)21(23)24)28-27-29-18(3,4)14-8-6-12(20)10-16(14)22(25)26/h5-10H,1-4H3. The molecular weight excluding hydrogens is 459 g/mol. The Kier molecular flexibility index (Phi) is 7.45. The molecule has 0 N–H and O–H groups in total. The molecule has 0 amide bonds. The van der Waals surface area contributed by atoms with E-state index in [1.807, 2.05) is 0 Å². The molecule has 11 heteroatoms. The van der Waals surface area contributed by atoms with Crippen LogP contribution >= 0.6 is 47.3 Å². The zero-order chi connectivity index (χ0) is 22.0. The van der Waals surface area contributed by atoms with Gasteiger partial charge in [0.15, 0.2) is 0 Å². The molecule has 0 saturated carbocycles. The lowest BCUT2D eigenvalue weighted by atomic mass is 10.0. The number of nitrogens with zero attached hydrogens (tertiary/aromatic N) is 2. The van der Waals surface area contributed by atoms with Gasteiger partial charge in [0.2, 0.25) is 0 Å². The number of rotatable bonds is 8. The predicted octanol–water partition coefficient (Wildman–Crippen LogP) is 7.29. The smallest absolute Gasteiger partial charge is 0.258 e. The lowest BCUT2D eigenvalue weighted by Gasteiger charge is -2.27. The Morgan fingerprint density at radius 1 is 0.793 bits per heavy atom.